The smallest absolute Gasteiger partial charge is 0.359 e. The molecule has 0 aromatic heterocycles. The van der Waals surface area contributed by atoms with E-state index in [1.165, 1.54) is 0 Å². The van der Waals surface area contributed by atoms with Gasteiger partial charge in [-0.25, -0.2) is 0 Å². The van der Waals surface area contributed by atoms with Gasteiger partial charge in [0.15, 0.2) is 5.85 Å². The summed E-state index contributed by atoms with van der Waals surface area (Å²) in [6.45, 7) is 7.18. The molecule has 1 saturated carbocycles. The predicted molar refractivity (Wildman–Crippen MR) is 63.4 cm³/mol. The van der Waals surface area contributed by atoms with Crippen LogP contribution in [0.15, 0.2) is 0 Å². The maximum atomic E-state index is 12.5. The third-order valence-corrected chi connectivity index (χ3v) is 5.11. The molecule has 1 N–H and O–H groups in total. The van der Waals surface area contributed by atoms with Gasteiger partial charge in [0.05, 0.1) is 12.2 Å². The van der Waals surface area contributed by atoms with Gasteiger partial charge in [0.2, 0.25) is 0 Å². The Hall–Kier alpha value is 0.110. The predicted octanol–water partition coefficient (Wildman–Crippen LogP) is 3.15. The standard InChI is InChI=1S/C11H23O4P/c1-8(2)14-16(13,15-9(3)4)11(12)10-6-5-7-10/h8-12H,5-7H2,1-4H3. The van der Waals surface area contributed by atoms with E-state index in [-0.39, 0.29) is 18.1 Å². The Morgan fingerprint density at radius 3 is 1.81 bits per heavy atom. The van der Waals surface area contributed by atoms with Crippen molar-refractivity contribution in [3.8, 4) is 0 Å². The topological polar surface area (TPSA) is 55.8 Å². The van der Waals surface area contributed by atoms with Gasteiger partial charge in [-0.2, -0.15) is 0 Å². The Bertz CT molecular complexity index is 247. The summed E-state index contributed by atoms with van der Waals surface area (Å²) in [7, 11) is -3.39. The molecular formula is C11H23O4P. The van der Waals surface area contributed by atoms with Crippen molar-refractivity contribution in [3.05, 3.63) is 0 Å². The van der Waals surface area contributed by atoms with Crippen molar-refractivity contribution in [1.29, 1.82) is 0 Å². The molecule has 4 nitrogen and oxygen atoms in total. The molecule has 0 amide bonds. The van der Waals surface area contributed by atoms with E-state index < -0.39 is 13.4 Å². The lowest BCUT2D eigenvalue weighted by atomic mass is 9.86. The van der Waals surface area contributed by atoms with E-state index in [0.29, 0.717) is 0 Å². The van der Waals surface area contributed by atoms with Gasteiger partial charge in [0, 0.05) is 0 Å². The van der Waals surface area contributed by atoms with Crippen LogP contribution in [0.2, 0.25) is 0 Å². The zero-order valence-electron chi connectivity index (χ0n) is 10.5. The second-order valence-electron chi connectivity index (χ2n) is 4.95. The Morgan fingerprint density at radius 2 is 1.56 bits per heavy atom. The third kappa shape index (κ3) is 3.56. The summed E-state index contributed by atoms with van der Waals surface area (Å²) in [5.74, 6) is -0.894. The zero-order chi connectivity index (χ0) is 12.3. The monoisotopic (exact) mass is 250 g/mol. The summed E-state index contributed by atoms with van der Waals surface area (Å²) in [6.07, 6.45) is 2.49. The Labute approximate surface area is 97.9 Å². The summed E-state index contributed by atoms with van der Waals surface area (Å²) in [5.41, 5.74) is 0. The number of hydrogen-bond acceptors (Lipinski definition) is 4. The normalized spacial score (nSPS) is 20.2. The molecule has 5 heteroatoms. The van der Waals surface area contributed by atoms with Gasteiger partial charge in [-0.3, -0.25) is 4.57 Å². The highest BCUT2D eigenvalue weighted by molar-refractivity contribution is 7.54. The quantitative estimate of drug-likeness (QED) is 0.736. The van der Waals surface area contributed by atoms with Gasteiger partial charge in [-0.05, 0) is 46.5 Å². The van der Waals surface area contributed by atoms with Gasteiger partial charge in [-0.1, -0.05) is 6.42 Å². The lowest BCUT2D eigenvalue weighted by Gasteiger charge is -2.35. The second-order valence-corrected chi connectivity index (χ2v) is 6.98. The average molecular weight is 250 g/mol. The van der Waals surface area contributed by atoms with Crippen molar-refractivity contribution in [2.75, 3.05) is 0 Å². The largest absolute Gasteiger partial charge is 0.380 e. The molecule has 0 aromatic rings. The highest BCUT2D eigenvalue weighted by Gasteiger charge is 2.43. The van der Waals surface area contributed by atoms with Crippen LogP contribution in [0.1, 0.15) is 47.0 Å². The molecule has 1 unspecified atom stereocenters. The number of hydrogen-bond donors (Lipinski definition) is 1. The lowest BCUT2D eigenvalue weighted by molar-refractivity contribution is 0.0573. The Kier molecular flexibility index (Phi) is 4.99. The fourth-order valence-corrected chi connectivity index (χ4v) is 4.02. The van der Waals surface area contributed by atoms with Crippen molar-refractivity contribution >= 4 is 7.60 Å². The maximum absolute atomic E-state index is 12.5. The molecule has 0 spiro atoms. The minimum Gasteiger partial charge on any atom is -0.380 e. The van der Waals surface area contributed by atoms with Crippen LogP contribution in [0.25, 0.3) is 0 Å². The van der Waals surface area contributed by atoms with Crippen LogP contribution < -0.4 is 0 Å². The molecule has 16 heavy (non-hydrogen) atoms. The van der Waals surface area contributed by atoms with E-state index in [0.717, 1.165) is 19.3 Å². The van der Waals surface area contributed by atoms with E-state index in [2.05, 4.69) is 0 Å². The van der Waals surface area contributed by atoms with Crippen molar-refractivity contribution in [3.63, 3.8) is 0 Å². The molecule has 1 atom stereocenters. The van der Waals surface area contributed by atoms with Gasteiger partial charge in [0.1, 0.15) is 0 Å². The molecule has 0 aliphatic heterocycles. The first-order chi connectivity index (χ1) is 7.35. The lowest BCUT2D eigenvalue weighted by Crippen LogP contribution is -2.29. The number of rotatable bonds is 6. The van der Waals surface area contributed by atoms with Crippen LogP contribution in [-0.2, 0) is 13.6 Å². The third-order valence-electron chi connectivity index (χ3n) is 2.61. The molecule has 1 aliphatic rings. The molecule has 1 rings (SSSR count). The fourth-order valence-electron chi connectivity index (χ4n) is 1.73. The molecule has 0 aromatic carbocycles. The summed E-state index contributed by atoms with van der Waals surface area (Å²) in [4.78, 5) is 0. The molecule has 1 fully saturated rings. The number of aliphatic hydroxyl groups is 1. The van der Waals surface area contributed by atoms with Gasteiger partial charge < -0.3 is 14.2 Å². The van der Waals surface area contributed by atoms with Crippen molar-refractivity contribution < 1.29 is 18.7 Å². The minimum atomic E-state index is -3.39. The molecule has 0 bridgehead atoms. The van der Waals surface area contributed by atoms with E-state index in [1.807, 2.05) is 0 Å². The Balaban J connectivity index is 2.71. The molecule has 0 radical (unpaired) electrons. The SMILES string of the molecule is CC(C)OP(=O)(OC(C)C)C(O)C1CCC1. The summed E-state index contributed by atoms with van der Waals surface area (Å²) >= 11 is 0. The zero-order valence-corrected chi connectivity index (χ0v) is 11.4. The highest BCUT2D eigenvalue weighted by Crippen LogP contribution is 2.58. The van der Waals surface area contributed by atoms with Crippen LogP contribution in [0.5, 0.6) is 0 Å². The second kappa shape index (κ2) is 5.63. The van der Waals surface area contributed by atoms with Crippen LogP contribution in [0, 0.1) is 5.92 Å². The Morgan fingerprint density at radius 1 is 1.12 bits per heavy atom. The van der Waals surface area contributed by atoms with E-state index in [1.54, 1.807) is 27.7 Å². The first-order valence-electron chi connectivity index (χ1n) is 5.99. The molecule has 0 heterocycles. The first kappa shape index (κ1) is 14.2. The minimum absolute atomic E-state index is 0.0725. The average Bonchev–Trinajstić information content (AvgIpc) is 1.96. The fraction of sp³-hybridized carbons (Fsp3) is 1.00. The van der Waals surface area contributed by atoms with Crippen LogP contribution in [0.4, 0.5) is 0 Å². The van der Waals surface area contributed by atoms with Gasteiger partial charge >= 0.3 is 7.60 Å². The molecule has 96 valence electrons. The van der Waals surface area contributed by atoms with E-state index in [9.17, 15) is 9.67 Å². The van der Waals surface area contributed by atoms with Crippen LogP contribution >= 0.6 is 7.60 Å². The van der Waals surface area contributed by atoms with Crippen molar-refractivity contribution in [1.82, 2.24) is 0 Å². The van der Waals surface area contributed by atoms with E-state index in [4.69, 9.17) is 9.05 Å². The van der Waals surface area contributed by atoms with Crippen LogP contribution in [0.3, 0.4) is 0 Å². The first-order valence-corrected chi connectivity index (χ1v) is 7.61. The van der Waals surface area contributed by atoms with Crippen LogP contribution in [-0.4, -0.2) is 23.2 Å². The van der Waals surface area contributed by atoms with Crippen molar-refractivity contribution in [2.24, 2.45) is 5.92 Å². The molecule has 1 aliphatic carbocycles. The van der Waals surface area contributed by atoms with E-state index >= 15 is 0 Å². The molecule has 0 saturated heterocycles. The highest BCUT2D eigenvalue weighted by atomic mass is 31.2. The number of aliphatic hydroxyl groups excluding tert-OH is 1. The maximum Gasteiger partial charge on any atom is 0.359 e. The molecular weight excluding hydrogens is 227 g/mol. The van der Waals surface area contributed by atoms with Crippen molar-refractivity contribution in [2.45, 2.75) is 65.0 Å². The van der Waals surface area contributed by atoms with Gasteiger partial charge in [0.25, 0.3) is 0 Å². The summed E-state index contributed by atoms with van der Waals surface area (Å²) < 4.78 is 23.2. The summed E-state index contributed by atoms with van der Waals surface area (Å²) in [5, 5.41) is 10.1. The van der Waals surface area contributed by atoms with Gasteiger partial charge in [-0.15, -0.1) is 0 Å². The summed E-state index contributed by atoms with van der Waals surface area (Å²) in [6, 6.07) is 0.